The van der Waals surface area contributed by atoms with Gasteiger partial charge in [-0.15, -0.1) is 0 Å². The number of piperidine rings is 1. The van der Waals surface area contributed by atoms with E-state index in [9.17, 15) is 14.7 Å². The fourth-order valence-corrected chi connectivity index (χ4v) is 5.41. The van der Waals surface area contributed by atoms with Gasteiger partial charge in [0.2, 0.25) is 5.91 Å². The molecular weight excluding hydrogens is 415 g/mol. The van der Waals surface area contributed by atoms with Crippen LogP contribution in [0.1, 0.15) is 38.5 Å². The van der Waals surface area contributed by atoms with Gasteiger partial charge in [-0.25, -0.2) is 0 Å². The van der Waals surface area contributed by atoms with Gasteiger partial charge < -0.3 is 19.6 Å². The van der Waals surface area contributed by atoms with Gasteiger partial charge >= 0.3 is 0 Å². The molecule has 0 saturated carbocycles. The predicted molar refractivity (Wildman–Crippen MR) is 110 cm³/mol. The number of carbonyl (C=O) groups is 2. The Hall–Kier alpha value is -1.50. The van der Waals surface area contributed by atoms with Gasteiger partial charge in [0.05, 0.1) is 28.6 Å². The van der Waals surface area contributed by atoms with Crippen molar-refractivity contribution in [3.63, 3.8) is 0 Å². The number of halogens is 2. The van der Waals surface area contributed by atoms with Crippen LogP contribution in [-0.4, -0.2) is 64.6 Å². The second kappa shape index (κ2) is 8.70. The molecule has 1 unspecified atom stereocenters. The van der Waals surface area contributed by atoms with Gasteiger partial charge in [-0.1, -0.05) is 23.2 Å². The van der Waals surface area contributed by atoms with Crippen molar-refractivity contribution in [2.24, 2.45) is 5.92 Å². The highest BCUT2D eigenvalue weighted by atomic mass is 35.5. The Morgan fingerprint density at radius 2 is 1.97 bits per heavy atom. The highest BCUT2D eigenvalue weighted by molar-refractivity contribution is 6.42. The number of amides is 2. The summed E-state index contributed by atoms with van der Waals surface area (Å²) < 4.78 is 5.62. The van der Waals surface area contributed by atoms with Crippen molar-refractivity contribution in [3.05, 3.63) is 28.2 Å². The van der Waals surface area contributed by atoms with Crippen molar-refractivity contribution < 1.29 is 19.4 Å². The maximum Gasteiger partial charge on any atom is 0.261 e. The molecule has 2 bridgehead atoms. The summed E-state index contributed by atoms with van der Waals surface area (Å²) >= 11 is 11.9. The maximum absolute atomic E-state index is 13.2. The minimum Gasteiger partial charge on any atom is -0.484 e. The molecule has 3 saturated heterocycles. The van der Waals surface area contributed by atoms with Crippen molar-refractivity contribution >= 4 is 35.0 Å². The van der Waals surface area contributed by atoms with Crippen LogP contribution in [0.2, 0.25) is 10.0 Å². The van der Waals surface area contributed by atoms with Crippen LogP contribution < -0.4 is 4.74 Å². The molecule has 1 N–H and O–H groups in total. The number of carbonyl (C=O) groups excluding carboxylic acids is 2. The van der Waals surface area contributed by atoms with E-state index in [2.05, 4.69) is 0 Å². The molecule has 4 rings (SSSR count). The van der Waals surface area contributed by atoms with E-state index in [4.69, 9.17) is 27.9 Å². The first-order valence-corrected chi connectivity index (χ1v) is 11.1. The third-order valence-corrected chi connectivity index (χ3v) is 7.26. The Morgan fingerprint density at radius 3 is 2.72 bits per heavy atom. The summed E-state index contributed by atoms with van der Waals surface area (Å²) in [6, 6.07) is 4.84. The summed E-state index contributed by atoms with van der Waals surface area (Å²) in [6.07, 6.45) is 5.35. The molecule has 1 aromatic carbocycles. The van der Waals surface area contributed by atoms with Crippen LogP contribution in [-0.2, 0) is 9.59 Å². The first-order valence-electron chi connectivity index (χ1n) is 10.3. The molecule has 29 heavy (non-hydrogen) atoms. The first kappa shape index (κ1) is 20.8. The van der Waals surface area contributed by atoms with Crippen LogP contribution >= 0.6 is 23.2 Å². The van der Waals surface area contributed by atoms with E-state index in [1.54, 1.807) is 18.2 Å². The van der Waals surface area contributed by atoms with Gasteiger partial charge in [0.25, 0.3) is 5.91 Å². The number of rotatable bonds is 5. The molecule has 158 valence electrons. The van der Waals surface area contributed by atoms with Gasteiger partial charge in [0, 0.05) is 24.7 Å². The lowest BCUT2D eigenvalue weighted by Gasteiger charge is -2.37. The molecule has 1 aromatic rings. The Labute approximate surface area is 180 Å². The smallest absolute Gasteiger partial charge is 0.261 e. The van der Waals surface area contributed by atoms with Crippen LogP contribution in [0, 0.1) is 5.92 Å². The Bertz CT molecular complexity index is 790. The summed E-state index contributed by atoms with van der Waals surface area (Å²) in [7, 11) is 0. The lowest BCUT2D eigenvalue weighted by atomic mass is 9.87. The number of aliphatic hydroxyl groups excluding tert-OH is 1. The highest BCUT2D eigenvalue weighted by Crippen LogP contribution is 2.43. The molecule has 8 heteroatoms. The molecule has 6 nitrogen and oxygen atoms in total. The highest BCUT2D eigenvalue weighted by Gasteiger charge is 2.52. The van der Waals surface area contributed by atoms with Gasteiger partial charge in [-0.3, -0.25) is 9.59 Å². The summed E-state index contributed by atoms with van der Waals surface area (Å²) in [5, 5.41) is 10.5. The summed E-state index contributed by atoms with van der Waals surface area (Å²) in [4.78, 5) is 29.8. The topological polar surface area (TPSA) is 70.1 Å². The number of ether oxygens (including phenoxy) is 1. The Morgan fingerprint density at radius 1 is 1.14 bits per heavy atom. The lowest BCUT2D eigenvalue weighted by Crippen LogP contribution is -2.50. The number of hydrogen-bond acceptors (Lipinski definition) is 4. The van der Waals surface area contributed by atoms with E-state index < -0.39 is 0 Å². The molecule has 3 fully saturated rings. The monoisotopic (exact) mass is 440 g/mol. The zero-order chi connectivity index (χ0) is 20.5. The molecular formula is C21H26Cl2N2O4. The molecule has 3 aliphatic rings. The third-order valence-electron chi connectivity index (χ3n) is 6.52. The van der Waals surface area contributed by atoms with Crippen LogP contribution in [0.4, 0.5) is 0 Å². The summed E-state index contributed by atoms with van der Waals surface area (Å²) in [5.74, 6) is 0.316. The lowest BCUT2D eigenvalue weighted by molar-refractivity contribution is -0.142. The van der Waals surface area contributed by atoms with E-state index in [0.717, 1.165) is 32.1 Å². The molecule has 0 aliphatic carbocycles. The Kier molecular flexibility index (Phi) is 6.23. The second-order valence-corrected chi connectivity index (χ2v) is 8.98. The Balaban J connectivity index is 1.39. The molecule has 4 atom stereocenters. The van der Waals surface area contributed by atoms with E-state index in [1.165, 1.54) is 0 Å². The van der Waals surface area contributed by atoms with Gasteiger partial charge in [0.15, 0.2) is 6.61 Å². The number of benzene rings is 1. The standard InChI is InChI=1S/C21H26Cl2N2O4/c22-17-6-5-15(10-18(17)23)29-12-20(27)25-13-4-7-19(25)16(9-13)21(28)24-8-2-1-3-14(24)11-26/h5-6,10,13-14,16,19,26H,1-4,7-9,11-12H2/t13-,14+,16?,19-/m0/s1. The van der Waals surface area contributed by atoms with Crippen LogP contribution in [0.5, 0.6) is 5.75 Å². The second-order valence-electron chi connectivity index (χ2n) is 8.17. The minimum absolute atomic E-state index is 0.00664. The molecule has 0 spiro atoms. The number of hydrogen-bond donors (Lipinski definition) is 1. The first-order chi connectivity index (χ1) is 14.0. The SMILES string of the molecule is O=C(C1C[C@@H]2CC[C@@H]1N2C(=O)COc1ccc(Cl)c(Cl)c1)N1CCCC[C@@H]1CO. The number of fused-ring (bicyclic) bond motifs is 2. The predicted octanol–water partition coefficient (Wildman–Crippen LogP) is 3.13. The van der Waals surface area contributed by atoms with Crippen molar-refractivity contribution in [1.29, 1.82) is 0 Å². The quantitative estimate of drug-likeness (QED) is 0.763. The van der Waals surface area contributed by atoms with E-state index in [-0.39, 0.29) is 49.1 Å². The van der Waals surface area contributed by atoms with Crippen LogP contribution in [0.3, 0.4) is 0 Å². The van der Waals surface area contributed by atoms with Crippen LogP contribution in [0.15, 0.2) is 18.2 Å². The number of likely N-dealkylation sites (tertiary alicyclic amines) is 1. The zero-order valence-electron chi connectivity index (χ0n) is 16.2. The number of nitrogens with zero attached hydrogens (tertiary/aromatic N) is 2. The molecule has 0 aromatic heterocycles. The van der Waals surface area contributed by atoms with Crippen molar-refractivity contribution in [2.75, 3.05) is 19.8 Å². The van der Waals surface area contributed by atoms with Gasteiger partial charge in [-0.2, -0.15) is 0 Å². The molecule has 3 heterocycles. The van der Waals surface area contributed by atoms with E-state index in [1.807, 2.05) is 9.80 Å². The minimum atomic E-state index is -0.171. The largest absolute Gasteiger partial charge is 0.484 e. The number of aliphatic hydroxyl groups is 1. The average molecular weight is 441 g/mol. The average Bonchev–Trinajstić information content (AvgIpc) is 3.32. The fraction of sp³-hybridized carbons (Fsp3) is 0.619. The zero-order valence-corrected chi connectivity index (χ0v) is 17.7. The van der Waals surface area contributed by atoms with E-state index in [0.29, 0.717) is 28.8 Å². The van der Waals surface area contributed by atoms with Crippen molar-refractivity contribution in [1.82, 2.24) is 9.80 Å². The normalized spacial score (nSPS) is 28.7. The summed E-state index contributed by atoms with van der Waals surface area (Å²) in [6.45, 7) is 0.619. The van der Waals surface area contributed by atoms with Gasteiger partial charge in [0.1, 0.15) is 5.75 Å². The third kappa shape index (κ3) is 4.07. The van der Waals surface area contributed by atoms with Gasteiger partial charge in [-0.05, 0) is 50.7 Å². The molecule has 3 aliphatic heterocycles. The van der Waals surface area contributed by atoms with Crippen molar-refractivity contribution in [2.45, 2.75) is 56.7 Å². The molecule has 2 amide bonds. The summed E-state index contributed by atoms with van der Waals surface area (Å²) in [5.41, 5.74) is 0. The van der Waals surface area contributed by atoms with Crippen LogP contribution in [0.25, 0.3) is 0 Å². The molecule has 0 radical (unpaired) electrons. The van der Waals surface area contributed by atoms with Crippen molar-refractivity contribution in [3.8, 4) is 5.75 Å². The fourth-order valence-electron chi connectivity index (χ4n) is 5.12. The van der Waals surface area contributed by atoms with E-state index >= 15 is 0 Å². The maximum atomic E-state index is 13.2.